The molecule has 0 radical (unpaired) electrons. The maximum atomic E-state index is 11.9. The fraction of sp³-hybridized carbons (Fsp3) is 0.533. The summed E-state index contributed by atoms with van der Waals surface area (Å²) < 4.78 is 10.7. The van der Waals surface area contributed by atoms with Crippen molar-refractivity contribution in [2.24, 2.45) is 0 Å². The van der Waals surface area contributed by atoms with Crippen LogP contribution in [0.4, 0.5) is 0 Å². The van der Waals surface area contributed by atoms with Crippen LogP contribution in [0.5, 0.6) is 11.5 Å². The van der Waals surface area contributed by atoms with E-state index in [2.05, 4.69) is 17.1 Å². The monoisotopic (exact) mass is 278 g/mol. The molecular weight excluding hydrogens is 256 g/mol. The molecule has 1 aromatic carbocycles. The Labute approximate surface area is 119 Å². The Kier molecular flexibility index (Phi) is 5.38. The van der Waals surface area contributed by atoms with Gasteiger partial charge in [-0.05, 0) is 38.1 Å². The highest BCUT2D eigenvalue weighted by atomic mass is 16.5. The van der Waals surface area contributed by atoms with Crippen molar-refractivity contribution >= 4 is 5.97 Å². The van der Waals surface area contributed by atoms with Crippen LogP contribution in [0.2, 0.25) is 0 Å². The Morgan fingerprint density at radius 3 is 2.70 bits per heavy atom. The number of nitrogens with zero attached hydrogens (tertiary/aromatic N) is 1. The average Bonchev–Trinajstić information content (AvgIpc) is 2.44. The molecule has 0 aromatic heterocycles. The van der Waals surface area contributed by atoms with Gasteiger partial charge in [0, 0.05) is 25.7 Å². The first-order chi connectivity index (χ1) is 9.69. The number of benzene rings is 1. The Balaban J connectivity index is 1.84. The molecule has 0 unspecified atom stereocenters. The van der Waals surface area contributed by atoms with Crippen molar-refractivity contribution in [1.82, 2.24) is 10.2 Å². The molecule has 1 aromatic rings. The zero-order chi connectivity index (χ0) is 14.4. The van der Waals surface area contributed by atoms with Crippen LogP contribution in [0, 0.1) is 0 Å². The zero-order valence-corrected chi connectivity index (χ0v) is 12.1. The summed E-state index contributed by atoms with van der Waals surface area (Å²) in [5.41, 5.74) is 0. The van der Waals surface area contributed by atoms with E-state index in [4.69, 9.17) is 9.47 Å². The van der Waals surface area contributed by atoms with Crippen LogP contribution in [0.15, 0.2) is 24.3 Å². The van der Waals surface area contributed by atoms with Gasteiger partial charge in [-0.1, -0.05) is 0 Å². The number of esters is 1. The summed E-state index contributed by atoms with van der Waals surface area (Å²) in [5.74, 6) is 1.12. The van der Waals surface area contributed by atoms with Gasteiger partial charge in [0.05, 0.1) is 13.2 Å². The van der Waals surface area contributed by atoms with Gasteiger partial charge in [0.1, 0.15) is 11.5 Å². The number of rotatable bonds is 5. The lowest BCUT2D eigenvalue weighted by Gasteiger charge is -2.32. The van der Waals surface area contributed by atoms with Gasteiger partial charge in [0.15, 0.2) is 0 Å². The highest BCUT2D eigenvalue weighted by Gasteiger charge is 2.21. The van der Waals surface area contributed by atoms with E-state index in [0.29, 0.717) is 24.9 Å². The summed E-state index contributed by atoms with van der Waals surface area (Å²) in [4.78, 5) is 14.1. The van der Waals surface area contributed by atoms with Crippen LogP contribution in [-0.4, -0.2) is 49.7 Å². The summed E-state index contributed by atoms with van der Waals surface area (Å²) in [6, 6.07) is 7.48. The number of hydrogen-bond acceptors (Lipinski definition) is 5. The first kappa shape index (κ1) is 14.8. The molecule has 1 heterocycles. The summed E-state index contributed by atoms with van der Waals surface area (Å²) in [5, 5.41) is 3.30. The lowest BCUT2D eigenvalue weighted by atomic mass is 10.2. The van der Waals surface area contributed by atoms with Gasteiger partial charge in [-0.3, -0.25) is 9.69 Å². The van der Waals surface area contributed by atoms with E-state index in [1.807, 2.05) is 6.92 Å². The largest absolute Gasteiger partial charge is 0.494 e. The lowest BCUT2D eigenvalue weighted by Crippen LogP contribution is -2.51. The molecule has 110 valence electrons. The first-order valence-corrected chi connectivity index (χ1v) is 7.07. The van der Waals surface area contributed by atoms with Crippen LogP contribution < -0.4 is 14.8 Å². The summed E-state index contributed by atoms with van der Waals surface area (Å²) in [6.07, 6.45) is 0. The molecule has 1 fully saturated rings. The number of carbonyl (C=O) groups excluding carboxylic acids is 1. The molecule has 20 heavy (non-hydrogen) atoms. The molecule has 5 nitrogen and oxygen atoms in total. The molecule has 0 spiro atoms. The Morgan fingerprint density at radius 1 is 1.35 bits per heavy atom. The smallest absolute Gasteiger partial charge is 0.325 e. The minimum atomic E-state index is -0.220. The molecule has 1 N–H and O–H groups in total. The quantitative estimate of drug-likeness (QED) is 0.649. The highest BCUT2D eigenvalue weighted by molar-refractivity contribution is 5.74. The van der Waals surface area contributed by atoms with Gasteiger partial charge in [-0.2, -0.15) is 0 Å². The van der Waals surface area contributed by atoms with Gasteiger partial charge in [0.2, 0.25) is 0 Å². The van der Waals surface area contributed by atoms with E-state index >= 15 is 0 Å². The van der Waals surface area contributed by atoms with Crippen LogP contribution >= 0.6 is 0 Å². The number of carbonyl (C=O) groups is 1. The highest BCUT2D eigenvalue weighted by Crippen LogP contribution is 2.17. The third-order valence-corrected chi connectivity index (χ3v) is 3.34. The first-order valence-electron chi connectivity index (χ1n) is 7.07. The van der Waals surface area contributed by atoms with E-state index in [0.717, 1.165) is 25.4 Å². The van der Waals surface area contributed by atoms with E-state index < -0.39 is 0 Å². The SMILES string of the molecule is CCOc1ccc(OC(=O)CN2CCNC[C@H]2C)cc1. The molecule has 0 bridgehead atoms. The predicted molar refractivity (Wildman–Crippen MR) is 77.2 cm³/mol. The van der Waals surface area contributed by atoms with Crippen molar-refractivity contribution in [3.8, 4) is 11.5 Å². The van der Waals surface area contributed by atoms with Gasteiger partial charge in [-0.15, -0.1) is 0 Å². The van der Waals surface area contributed by atoms with Crippen LogP contribution in [0.1, 0.15) is 13.8 Å². The second-order valence-corrected chi connectivity index (χ2v) is 4.90. The molecule has 0 saturated carbocycles. The second kappa shape index (κ2) is 7.26. The summed E-state index contributed by atoms with van der Waals surface area (Å²) in [6.45, 7) is 7.70. The van der Waals surface area contributed by atoms with Gasteiger partial charge < -0.3 is 14.8 Å². The van der Waals surface area contributed by atoms with Gasteiger partial charge in [0.25, 0.3) is 0 Å². The standard InChI is InChI=1S/C15H22N2O3/c1-3-19-13-4-6-14(7-5-13)20-15(18)11-17-9-8-16-10-12(17)2/h4-7,12,16H,3,8-11H2,1-2H3/t12-/m1/s1. The predicted octanol–water partition coefficient (Wildman–Crippen LogP) is 1.28. The topological polar surface area (TPSA) is 50.8 Å². The molecule has 2 rings (SSSR count). The zero-order valence-electron chi connectivity index (χ0n) is 12.1. The third kappa shape index (κ3) is 4.21. The van der Waals surface area contributed by atoms with Crippen LogP contribution in [-0.2, 0) is 4.79 Å². The van der Waals surface area contributed by atoms with E-state index in [9.17, 15) is 4.79 Å². The summed E-state index contributed by atoms with van der Waals surface area (Å²) >= 11 is 0. The molecule has 1 aliphatic heterocycles. The maximum Gasteiger partial charge on any atom is 0.325 e. The fourth-order valence-electron chi connectivity index (χ4n) is 2.22. The van der Waals surface area contributed by atoms with Crippen molar-refractivity contribution in [1.29, 1.82) is 0 Å². The maximum absolute atomic E-state index is 11.9. The average molecular weight is 278 g/mol. The minimum Gasteiger partial charge on any atom is -0.494 e. The van der Waals surface area contributed by atoms with Crippen molar-refractivity contribution in [2.45, 2.75) is 19.9 Å². The van der Waals surface area contributed by atoms with E-state index in [1.54, 1.807) is 24.3 Å². The molecule has 0 amide bonds. The van der Waals surface area contributed by atoms with E-state index in [1.165, 1.54) is 0 Å². The normalized spacial score (nSPS) is 19.6. The van der Waals surface area contributed by atoms with Crippen molar-refractivity contribution in [3.05, 3.63) is 24.3 Å². The van der Waals surface area contributed by atoms with Crippen molar-refractivity contribution < 1.29 is 14.3 Å². The summed E-state index contributed by atoms with van der Waals surface area (Å²) in [7, 11) is 0. The molecule has 0 aliphatic carbocycles. The molecule has 5 heteroatoms. The number of piperazine rings is 1. The van der Waals surface area contributed by atoms with Gasteiger partial charge >= 0.3 is 5.97 Å². The second-order valence-electron chi connectivity index (χ2n) is 4.90. The number of ether oxygens (including phenoxy) is 2. The van der Waals surface area contributed by atoms with Crippen molar-refractivity contribution in [3.63, 3.8) is 0 Å². The molecule has 1 atom stereocenters. The molecule has 1 aliphatic rings. The third-order valence-electron chi connectivity index (χ3n) is 3.34. The molecule has 1 saturated heterocycles. The fourth-order valence-corrected chi connectivity index (χ4v) is 2.22. The van der Waals surface area contributed by atoms with Crippen molar-refractivity contribution in [2.75, 3.05) is 32.8 Å². The minimum absolute atomic E-state index is 0.220. The number of hydrogen-bond donors (Lipinski definition) is 1. The van der Waals surface area contributed by atoms with E-state index in [-0.39, 0.29) is 5.97 Å². The molecular formula is C15H22N2O3. The Hall–Kier alpha value is -1.59. The van der Waals surface area contributed by atoms with Gasteiger partial charge in [-0.25, -0.2) is 0 Å². The van der Waals surface area contributed by atoms with Crippen LogP contribution in [0.3, 0.4) is 0 Å². The Morgan fingerprint density at radius 2 is 2.05 bits per heavy atom. The van der Waals surface area contributed by atoms with Crippen LogP contribution in [0.25, 0.3) is 0 Å². The lowest BCUT2D eigenvalue weighted by molar-refractivity contribution is -0.136. The number of nitrogens with one attached hydrogen (secondary N) is 1. The Bertz CT molecular complexity index is 433.